The third kappa shape index (κ3) is 3.62. The number of pyridine rings is 1. The second-order valence-corrected chi connectivity index (χ2v) is 3.98. The van der Waals surface area contributed by atoms with Crippen LogP contribution in [0.25, 0.3) is 0 Å². The maximum Gasteiger partial charge on any atom is 0.254 e. The molecule has 0 aromatic carbocycles. The number of carbonyl (C=O) groups excluding carboxylic acids is 1. The molecule has 4 N–H and O–H groups in total. The number of rotatable bonds is 6. The Balaban J connectivity index is 2.80. The smallest absolute Gasteiger partial charge is 0.254 e. The van der Waals surface area contributed by atoms with Gasteiger partial charge in [-0.25, -0.2) is 4.98 Å². The van der Waals surface area contributed by atoms with Crippen LogP contribution in [0.15, 0.2) is 12.3 Å². The highest BCUT2D eigenvalue weighted by molar-refractivity contribution is 5.95. The Morgan fingerprint density at radius 1 is 1.47 bits per heavy atom. The topological polar surface area (TPSA) is 91.2 Å². The van der Waals surface area contributed by atoms with Crippen molar-refractivity contribution in [2.45, 2.75) is 26.7 Å². The van der Waals surface area contributed by atoms with Gasteiger partial charge in [0.25, 0.3) is 5.91 Å². The molecule has 1 aromatic rings. The summed E-state index contributed by atoms with van der Waals surface area (Å²) in [7, 11) is 0. The normalized spacial score (nSPS) is 10.5. The van der Waals surface area contributed by atoms with E-state index in [2.05, 4.69) is 18.8 Å². The molecule has 17 heavy (non-hydrogen) atoms. The van der Waals surface area contributed by atoms with Gasteiger partial charge in [0, 0.05) is 0 Å². The molecular formula is C12H19N3O2. The van der Waals surface area contributed by atoms with Crippen molar-refractivity contribution in [2.24, 2.45) is 11.7 Å². The highest BCUT2D eigenvalue weighted by Gasteiger charge is 2.13. The van der Waals surface area contributed by atoms with Crippen LogP contribution < -0.4 is 16.2 Å². The van der Waals surface area contributed by atoms with E-state index in [1.165, 1.54) is 12.3 Å². The Morgan fingerprint density at radius 3 is 2.65 bits per heavy atom. The number of nitrogens with zero attached hydrogens (tertiary/aromatic N) is 1. The summed E-state index contributed by atoms with van der Waals surface area (Å²) in [6.07, 6.45) is 3.50. The molecule has 1 aromatic heterocycles. The zero-order valence-corrected chi connectivity index (χ0v) is 10.3. The average molecular weight is 237 g/mol. The molecule has 0 radical (unpaired) electrons. The van der Waals surface area contributed by atoms with Crippen molar-refractivity contribution in [1.82, 2.24) is 4.98 Å². The van der Waals surface area contributed by atoms with E-state index in [4.69, 9.17) is 16.2 Å². The third-order valence-electron chi connectivity index (χ3n) is 2.75. The minimum Gasteiger partial charge on any atom is -0.477 e. The predicted molar refractivity (Wildman–Crippen MR) is 66.7 cm³/mol. The van der Waals surface area contributed by atoms with E-state index in [1.54, 1.807) is 0 Å². The molecule has 0 atom stereocenters. The lowest BCUT2D eigenvalue weighted by molar-refractivity contribution is 0.0994. The molecule has 0 fully saturated rings. The van der Waals surface area contributed by atoms with E-state index in [0.29, 0.717) is 18.2 Å². The largest absolute Gasteiger partial charge is 0.477 e. The van der Waals surface area contributed by atoms with E-state index >= 15 is 0 Å². The molecule has 0 spiro atoms. The van der Waals surface area contributed by atoms with Crippen molar-refractivity contribution in [2.75, 3.05) is 12.3 Å². The van der Waals surface area contributed by atoms with Crippen molar-refractivity contribution >= 4 is 11.6 Å². The summed E-state index contributed by atoms with van der Waals surface area (Å²) >= 11 is 0. The van der Waals surface area contributed by atoms with Gasteiger partial charge in [0.05, 0.1) is 18.5 Å². The Labute approximate surface area is 101 Å². The van der Waals surface area contributed by atoms with E-state index in [-0.39, 0.29) is 11.4 Å². The number of aromatic nitrogens is 1. The van der Waals surface area contributed by atoms with Gasteiger partial charge < -0.3 is 16.2 Å². The summed E-state index contributed by atoms with van der Waals surface area (Å²) in [5, 5.41) is 0. The van der Waals surface area contributed by atoms with Crippen LogP contribution >= 0.6 is 0 Å². The number of anilines is 1. The monoisotopic (exact) mass is 237 g/mol. The quantitative estimate of drug-likeness (QED) is 0.785. The van der Waals surface area contributed by atoms with E-state index < -0.39 is 5.91 Å². The minimum absolute atomic E-state index is 0.232. The summed E-state index contributed by atoms with van der Waals surface area (Å²) in [5.74, 6) is 0.137. The molecule has 94 valence electrons. The molecule has 0 bridgehead atoms. The lowest BCUT2D eigenvalue weighted by Gasteiger charge is -2.14. The fourth-order valence-corrected chi connectivity index (χ4v) is 1.48. The molecule has 0 aliphatic carbocycles. The summed E-state index contributed by atoms with van der Waals surface area (Å²) in [5.41, 5.74) is 11.4. The second kappa shape index (κ2) is 6.08. The van der Waals surface area contributed by atoms with Crippen LogP contribution in [-0.4, -0.2) is 17.5 Å². The highest BCUT2D eigenvalue weighted by atomic mass is 16.5. The molecular weight excluding hydrogens is 218 g/mol. The average Bonchev–Trinajstić information content (AvgIpc) is 2.31. The lowest BCUT2D eigenvalue weighted by Crippen LogP contribution is -2.17. The number of ether oxygens (including phenoxy) is 1. The minimum atomic E-state index is -0.579. The van der Waals surface area contributed by atoms with Crippen LogP contribution in [0, 0.1) is 5.92 Å². The first-order valence-corrected chi connectivity index (χ1v) is 5.76. The van der Waals surface area contributed by atoms with Gasteiger partial charge >= 0.3 is 0 Å². The van der Waals surface area contributed by atoms with Crippen molar-refractivity contribution in [1.29, 1.82) is 0 Å². The summed E-state index contributed by atoms with van der Waals surface area (Å²) < 4.78 is 5.53. The second-order valence-electron chi connectivity index (χ2n) is 3.98. The van der Waals surface area contributed by atoms with E-state index in [0.717, 1.165) is 12.8 Å². The van der Waals surface area contributed by atoms with Crippen molar-refractivity contribution in [3.63, 3.8) is 0 Å². The van der Waals surface area contributed by atoms with Gasteiger partial charge in [0.2, 0.25) is 5.88 Å². The molecule has 1 amide bonds. The van der Waals surface area contributed by atoms with Crippen molar-refractivity contribution in [3.05, 3.63) is 17.8 Å². The number of hydrogen-bond donors (Lipinski definition) is 2. The summed E-state index contributed by atoms with van der Waals surface area (Å²) in [6.45, 7) is 4.73. The van der Waals surface area contributed by atoms with Gasteiger partial charge in [0.1, 0.15) is 5.56 Å². The molecule has 1 heterocycles. The molecule has 0 aliphatic heterocycles. The van der Waals surface area contributed by atoms with Crippen LogP contribution in [0.1, 0.15) is 37.0 Å². The highest BCUT2D eigenvalue weighted by Crippen LogP contribution is 2.19. The standard InChI is InChI=1S/C12H19N3O2/c1-3-8(4-2)7-17-12-10(11(14)16)5-9(13)6-15-12/h5-6,8H,3-4,7,13H2,1-2H3,(H2,14,16). The fourth-order valence-electron chi connectivity index (χ4n) is 1.48. The van der Waals surface area contributed by atoms with Crippen molar-refractivity contribution in [3.8, 4) is 5.88 Å². The van der Waals surface area contributed by atoms with Crippen LogP contribution in [0.5, 0.6) is 5.88 Å². The van der Waals surface area contributed by atoms with Gasteiger partial charge in [-0.05, 0) is 12.0 Å². The molecule has 5 heteroatoms. The zero-order valence-electron chi connectivity index (χ0n) is 10.3. The number of primary amides is 1. The number of amides is 1. The first-order valence-electron chi connectivity index (χ1n) is 5.76. The molecule has 0 saturated carbocycles. The number of nitrogens with two attached hydrogens (primary N) is 2. The molecule has 0 unspecified atom stereocenters. The molecule has 1 rings (SSSR count). The van der Waals surface area contributed by atoms with Gasteiger partial charge in [-0.3, -0.25) is 4.79 Å². The summed E-state index contributed by atoms with van der Waals surface area (Å²) in [4.78, 5) is 15.2. The maximum absolute atomic E-state index is 11.2. The Bertz CT molecular complexity index is 389. The SMILES string of the molecule is CCC(CC)COc1ncc(N)cc1C(N)=O. The van der Waals surface area contributed by atoms with Crippen LogP contribution in [-0.2, 0) is 0 Å². The fraction of sp³-hybridized carbons (Fsp3) is 0.500. The van der Waals surface area contributed by atoms with E-state index in [1.807, 2.05) is 0 Å². The van der Waals surface area contributed by atoms with Crippen LogP contribution in [0.2, 0.25) is 0 Å². The van der Waals surface area contributed by atoms with Gasteiger partial charge in [-0.1, -0.05) is 26.7 Å². The Kier molecular flexibility index (Phi) is 4.75. The van der Waals surface area contributed by atoms with E-state index in [9.17, 15) is 4.79 Å². The molecule has 0 aliphatic rings. The van der Waals surface area contributed by atoms with Crippen molar-refractivity contribution < 1.29 is 9.53 Å². The Morgan fingerprint density at radius 2 is 2.12 bits per heavy atom. The summed E-state index contributed by atoms with van der Waals surface area (Å²) in [6, 6.07) is 1.48. The number of nitrogen functional groups attached to an aromatic ring is 1. The Hall–Kier alpha value is -1.78. The first-order chi connectivity index (χ1) is 8.08. The maximum atomic E-state index is 11.2. The van der Waals surface area contributed by atoms with Gasteiger partial charge in [0.15, 0.2) is 0 Å². The number of carbonyl (C=O) groups is 1. The van der Waals surface area contributed by atoms with Crippen LogP contribution in [0.3, 0.4) is 0 Å². The lowest BCUT2D eigenvalue weighted by atomic mass is 10.1. The third-order valence-corrected chi connectivity index (χ3v) is 2.75. The van der Waals surface area contributed by atoms with Gasteiger partial charge in [-0.2, -0.15) is 0 Å². The number of hydrogen-bond acceptors (Lipinski definition) is 4. The zero-order chi connectivity index (χ0) is 12.8. The van der Waals surface area contributed by atoms with Gasteiger partial charge in [-0.15, -0.1) is 0 Å². The molecule has 0 saturated heterocycles. The first kappa shape index (κ1) is 13.3. The molecule has 5 nitrogen and oxygen atoms in total. The predicted octanol–water partition coefficient (Wildman–Crippen LogP) is 1.58. The van der Waals surface area contributed by atoms with Crippen LogP contribution in [0.4, 0.5) is 5.69 Å².